The van der Waals surface area contributed by atoms with E-state index in [0.29, 0.717) is 12.4 Å². The zero-order valence-corrected chi connectivity index (χ0v) is 16.2. The van der Waals surface area contributed by atoms with Gasteiger partial charge in [0.1, 0.15) is 23.4 Å². The van der Waals surface area contributed by atoms with Gasteiger partial charge in [0, 0.05) is 17.5 Å². The third kappa shape index (κ3) is 4.90. The van der Waals surface area contributed by atoms with Crippen molar-refractivity contribution in [1.82, 2.24) is 15.3 Å². The van der Waals surface area contributed by atoms with E-state index in [1.54, 1.807) is 0 Å². The molecule has 168 valence electrons. The van der Waals surface area contributed by atoms with E-state index in [-0.39, 0.29) is 22.9 Å². The van der Waals surface area contributed by atoms with Crippen molar-refractivity contribution in [2.24, 2.45) is 0 Å². The standard InChI is InChI=1S/C20H14F5N3O4/c1-9-16(28-18(32-9)10-3-2-4-11(5-10)20(23,24)25)17(29)27-15(19(30)31)6-12-13(21)7-26-8-14(12)22/h2-5,7-8,15H,6H2,1H3,(H,27,29)(H,30,31). The van der Waals surface area contributed by atoms with E-state index in [4.69, 9.17) is 4.42 Å². The van der Waals surface area contributed by atoms with Crippen LogP contribution < -0.4 is 5.32 Å². The SMILES string of the molecule is Cc1oc(-c2cccc(C(F)(F)F)c2)nc1C(=O)NC(Cc1c(F)cncc1F)C(=O)O. The van der Waals surface area contributed by atoms with Crippen molar-refractivity contribution in [3.05, 3.63) is 70.9 Å². The Balaban J connectivity index is 1.85. The molecule has 0 bridgehead atoms. The number of carbonyl (C=O) groups is 2. The number of hydrogen-bond acceptors (Lipinski definition) is 5. The first-order chi connectivity index (χ1) is 15.0. The number of alkyl halides is 3. The lowest BCUT2D eigenvalue weighted by atomic mass is 10.1. The number of pyridine rings is 1. The number of carbonyl (C=O) groups excluding carboxylic acids is 1. The van der Waals surface area contributed by atoms with Gasteiger partial charge in [-0.3, -0.25) is 9.78 Å². The lowest BCUT2D eigenvalue weighted by molar-refractivity contribution is -0.139. The third-order valence-electron chi connectivity index (χ3n) is 4.41. The molecule has 7 nitrogen and oxygen atoms in total. The molecule has 32 heavy (non-hydrogen) atoms. The van der Waals surface area contributed by atoms with Crippen LogP contribution in [0.15, 0.2) is 41.1 Å². The number of nitrogens with zero attached hydrogens (tertiary/aromatic N) is 2. The van der Waals surface area contributed by atoms with Crippen LogP contribution in [0.2, 0.25) is 0 Å². The summed E-state index contributed by atoms with van der Waals surface area (Å²) in [6.45, 7) is 1.30. The first kappa shape index (κ1) is 22.8. The molecule has 2 heterocycles. The second-order valence-corrected chi connectivity index (χ2v) is 6.65. The Hall–Kier alpha value is -3.83. The van der Waals surface area contributed by atoms with E-state index < -0.39 is 53.3 Å². The van der Waals surface area contributed by atoms with Gasteiger partial charge in [-0.25, -0.2) is 18.6 Å². The summed E-state index contributed by atoms with van der Waals surface area (Å²) < 4.78 is 71.6. The maximum atomic E-state index is 13.8. The summed E-state index contributed by atoms with van der Waals surface area (Å²) in [7, 11) is 0. The normalized spacial score (nSPS) is 12.4. The molecule has 0 aliphatic rings. The van der Waals surface area contributed by atoms with Crippen molar-refractivity contribution < 1.29 is 41.1 Å². The van der Waals surface area contributed by atoms with Gasteiger partial charge in [0.25, 0.3) is 5.91 Å². The van der Waals surface area contributed by atoms with Crippen LogP contribution in [0.1, 0.15) is 27.4 Å². The monoisotopic (exact) mass is 455 g/mol. The fourth-order valence-electron chi connectivity index (χ4n) is 2.82. The third-order valence-corrected chi connectivity index (χ3v) is 4.41. The van der Waals surface area contributed by atoms with Crippen molar-refractivity contribution in [3.8, 4) is 11.5 Å². The Morgan fingerprint density at radius 3 is 2.44 bits per heavy atom. The van der Waals surface area contributed by atoms with Crippen molar-refractivity contribution in [1.29, 1.82) is 0 Å². The molecule has 0 spiro atoms. The quantitative estimate of drug-likeness (QED) is 0.549. The molecular weight excluding hydrogens is 441 g/mol. The van der Waals surface area contributed by atoms with Gasteiger partial charge in [-0.05, 0) is 25.1 Å². The number of hydrogen-bond donors (Lipinski definition) is 2. The molecule has 1 aromatic carbocycles. The van der Waals surface area contributed by atoms with Crippen LogP contribution in [0.5, 0.6) is 0 Å². The molecule has 1 atom stereocenters. The Kier molecular flexibility index (Phi) is 6.23. The minimum Gasteiger partial charge on any atom is -0.480 e. The minimum atomic E-state index is -4.61. The second kappa shape index (κ2) is 8.73. The number of amides is 1. The number of oxazole rings is 1. The fourth-order valence-corrected chi connectivity index (χ4v) is 2.82. The van der Waals surface area contributed by atoms with Crippen LogP contribution in [0.4, 0.5) is 22.0 Å². The van der Waals surface area contributed by atoms with Crippen molar-refractivity contribution in [3.63, 3.8) is 0 Å². The second-order valence-electron chi connectivity index (χ2n) is 6.65. The molecule has 0 aliphatic carbocycles. The van der Waals surface area contributed by atoms with E-state index in [9.17, 15) is 36.6 Å². The van der Waals surface area contributed by atoms with Crippen molar-refractivity contribution in [2.75, 3.05) is 0 Å². The van der Waals surface area contributed by atoms with Crippen LogP contribution in [0, 0.1) is 18.6 Å². The highest BCUT2D eigenvalue weighted by molar-refractivity contribution is 5.96. The average molecular weight is 455 g/mol. The number of aryl methyl sites for hydroxylation is 1. The number of carboxylic acid groups (broad SMARTS) is 1. The highest BCUT2D eigenvalue weighted by Crippen LogP contribution is 2.32. The smallest absolute Gasteiger partial charge is 0.416 e. The Morgan fingerprint density at radius 2 is 1.84 bits per heavy atom. The van der Waals surface area contributed by atoms with Gasteiger partial charge < -0.3 is 14.8 Å². The predicted octanol–water partition coefficient (Wildman–Crippen LogP) is 3.77. The summed E-state index contributed by atoms with van der Waals surface area (Å²) >= 11 is 0. The molecule has 2 aromatic heterocycles. The topological polar surface area (TPSA) is 105 Å². The molecule has 3 rings (SSSR count). The molecule has 0 fully saturated rings. The summed E-state index contributed by atoms with van der Waals surface area (Å²) in [5.74, 6) is -5.19. The van der Waals surface area contributed by atoms with Gasteiger partial charge in [0.15, 0.2) is 5.69 Å². The molecular formula is C20H14F5N3O4. The summed E-state index contributed by atoms with van der Waals surface area (Å²) in [5.41, 5.74) is -1.99. The van der Waals surface area contributed by atoms with Crippen molar-refractivity contribution >= 4 is 11.9 Å². The molecule has 0 aliphatic heterocycles. The first-order valence-electron chi connectivity index (χ1n) is 8.94. The van der Waals surface area contributed by atoms with E-state index in [1.165, 1.54) is 13.0 Å². The Bertz CT molecular complexity index is 1160. The van der Waals surface area contributed by atoms with Crippen LogP contribution in [0.25, 0.3) is 11.5 Å². The van der Waals surface area contributed by atoms with Gasteiger partial charge in [-0.15, -0.1) is 0 Å². The zero-order chi connectivity index (χ0) is 23.6. The summed E-state index contributed by atoms with van der Waals surface area (Å²) in [6.07, 6.45) is -3.94. The lowest BCUT2D eigenvalue weighted by Crippen LogP contribution is -2.43. The van der Waals surface area contributed by atoms with Crippen LogP contribution >= 0.6 is 0 Å². The molecule has 1 unspecified atom stereocenters. The summed E-state index contributed by atoms with van der Waals surface area (Å²) in [4.78, 5) is 31.2. The number of carboxylic acids is 1. The fraction of sp³-hybridized carbons (Fsp3) is 0.200. The first-order valence-corrected chi connectivity index (χ1v) is 8.94. The Labute approximate surface area is 176 Å². The lowest BCUT2D eigenvalue weighted by Gasteiger charge is -2.14. The number of benzene rings is 1. The number of aliphatic carboxylic acids is 1. The maximum absolute atomic E-state index is 13.8. The molecule has 3 aromatic rings. The van der Waals surface area contributed by atoms with Gasteiger partial charge >= 0.3 is 12.1 Å². The molecule has 12 heteroatoms. The minimum absolute atomic E-state index is 0.0577. The van der Waals surface area contributed by atoms with E-state index in [1.807, 2.05) is 0 Å². The maximum Gasteiger partial charge on any atom is 0.416 e. The van der Waals surface area contributed by atoms with Gasteiger partial charge in [-0.2, -0.15) is 13.2 Å². The average Bonchev–Trinajstić information content (AvgIpc) is 3.11. The van der Waals surface area contributed by atoms with E-state index in [2.05, 4.69) is 15.3 Å². The van der Waals surface area contributed by atoms with Gasteiger partial charge in [-0.1, -0.05) is 6.07 Å². The molecule has 0 saturated heterocycles. The largest absolute Gasteiger partial charge is 0.480 e. The number of nitrogens with one attached hydrogen (secondary N) is 1. The Morgan fingerprint density at radius 1 is 1.19 bits per heavy atom. The van der Waals surface area contributed by atoms with E-state index >= 15 is 0 Å². The van der Waals surface area contributed by atoms with Crippen molar-refractivity contribution in [2.45, 2.75) is 25.6 Å². The van der Waals surface area contributed by atoms with E-state index in [0.717, 1.165) is 18.2 Å². The summed E-state index contributed by atoms with van der Waals surface area (Å²) in [5, 5.41) is 11.4. The summed E-state index contributed by atoms with van der Waals surface area (Å²) in [6, 6.07) is 2.32. The highest BCUT2D eigenvalue weighted by Gasteiger charge is 2.31. The van der Waals surface area contributed by atoms with Gasteiger partial charge in [0.05, 0.1) is 18.0 Å². The number of aromatic nitrogens is 2. The van der Waals surface area contributed by atoms with Gasteiger partial charge in [0.2, 0.25) is 5.89 Å². The molecule has 0 saturated carbocycles. The molecule has 0 radical (unpaired) electrons. The van der Waals surface area contributed by atoms with Crippen LogP contribution in [-0.4, -0.2) is 33.0 Å². The molecule has 1 amide bonds. The molecule has 2 N–H and O–H groups in total. The van der Waals surface area contributed by atoms with Crippen LogP contribution in [0.3, 0.4) is 0 Å². The van der Waals surface area contributed by atoms with Crippen LogP contribution in [-0.2, 0) is 17.4 Å². The highest BCUT2D eigenvalue weighted by atomic mass is 19.4. The number of halogens is 5. The predicted molar refractivity (Wildman–Crippen MR) is 98.4 cm³/mol. The number of rotatable bonds is 6. The zero-order valence-electron chi connectivity index (χ0n) is 16.2.